The summed E-state index contributed by atoms with van der Waals surface area (Å²) in [6.45, 7) is 0.943. The third-order valence-electron chi connectivity index (χ3n) is 2.10. The van der Waals surface area contributed by atoms with Crippen molar-refractivity contribution >= 4 is 5.78 Å². The minimum Gasteiger partial charge on any atom is -0.494 e. The molecule has 0 fully saturated rings. The zero-order valence-electron chi connectivity index (χ0n) is 9.70. The molecule has 5 heteroatoms. The summed E-state index contributed by atoms with van der Waals surface area (Å²) in [6, 6.07) is 4.24. The molecule has 0 radical (unpaired) electrons. The van der Waals surface area contributed by atoms with E-state index in [2.05, 4.69) is 4.74 Å². The summed E-state index contributed by atoms with van der Waals surface area (Å²) in [4.78, 5) is 11.6. The van der Waals surface area contributed by atoms with Gasteiger partial charge in [-0.3, -0.25) is 4.79 Å². The fraction of sp³-hybridized carbons (Fsp3) is 0.417. The maximum atomic E-state index is 12.2. The first-order valence-electron chi connectivity index (χ1n) is 5.33. The van der Waals surface area contributed by atoms with Crippen molar-refractivity contribution in [2.24, 2.45) is 0 Å². The summed E-state index contributed by atoms with van der Waals surface area (Å²) in [5.41, 5.74) is 0.124. The summed E-state index contributed by atoms with van der Waals surface area (Å²) >= 11 is 0. The van der Waals surface area contributed by atoms with Crippen molar-refractivity contribution in [2.75, 3.05) is 6.61 Å². The van der Waals surface area contributed by atoms with Crippen LogP contribution in [0.15, 0.2) is 18.2 Å². The number of hydrogen-bond donors (Lipinski definition) is 0. The molecule has 0 atom stereocenters. The summed E-state index contributed by atoms with van der Waals surface area (Å²) in [7, 11) is 0. The van der Waals surface area contributed by atoms with Gasteiger partial charge in [-0.05, 0) is 25.1 Å². The summed E-state index contributed by atoms with van der Waals surface area (Å²) in [5, 5.41) is 0. The van der Waals surface area contributed by atoms with Crippen molar-refractivity contribution in [3.05, 3.63) is 23.8 Å². The summed E-state index contributed by atoms with van der Waals surface area (Å²) in [5.74, 6) is 0.0865. The molecule has 0 saturated heterocycles. The molecule has 0 amide bonds. The SMILES string of the molecule is CCOc1ccc(OC(F)F)c(C(=O)CC)c1. The highest BCUT2D eigenvalue weighted by Gasteiger charge is 2.15. The van der Waals surface area contributed by atoms with E-state index in [1.165, 1.54) is 18.2 Å². The number of rotatable bonds is 6. The van der Waals surface area contributed by atoms with E-state index in [9.17, 15) is 13.6 Å². The average Bonchev–Trinajstić information content (AvgIpc) is 2.30. The first-order chi connectivity index (χ1) is 8.08. The second-order valence-corrected chi connectivity index (χ2v) is 3.25. The Kier molecular flexibility index (Phi) is 4.87. The van der Waals surface area contributed by atoms with Crippen molar-refractivity contribution in [3.63, 3.8) is 0 Å². The van der Waals surface area contributed by atoms with Crippen molar-refractivity contribution in [1.82, 2.24) is 0 Å². The maximum Gasteiger partial charge on any atom is 0.387 e. The molecule has 17 heavy (non-hydrogen) atoms. The smallest absolute Gasteiger partial charge is 0.387 e. The lowest BCUT2D eigenvalue weighted by molar-refractivity contribution is -0.0501. The number of hydrogen-bond acceptors (Lipinski definition) is 3. The predicted molar refractivity (Wildman–Crippen MR) is 58.9 cm³/mol. The molecule has 0 spiro atoms. The van der Waals surface area contributed by atoms with E-state index in [0.717, 1.165) is 0 Å². The lowest BCUT2D eigenvalue weighted by atomic mass is 10.1. The highest BCUT2D eigenvalue weighted by molar-refractivity contribution is 5.98. The average molecular weight is 244 g/mol. The molecule has 0 aliphatic carbocycles. The van der Waals surface area contributed by atoms with Crippen LogP contribution in [0.5, 0.6) is 11.5 Å². The normalized spacial score (nSPS) is 10.4. The maximum absolute atomic E-state index is 12.2. The molecule has 1 aromatic rings. The quantitative estimate of drug-likeness (QED) is 0.720. The van der Waals surface area contributed by atoms with Crippen LogP contribution in [0.1, 0.15) is 30.6 Å². The molecular formula is C12H14F2O3. The summed E-state index contributed by atoms with van der Waals surface area (Å²) < 4.78 is 33.8. The first-order valence-corrected chi connectivity index (χ1v) is 5.33. The predicted octanol–water partition coefficient (Wildman–Crippen LogP) is 3.28. The van der Waals surface area contributed by atoms with Crippen molar-refractivity contribution < 1.29 is 23.0 Å². The molecule has 0 aliphatic heterocycles. The van der Waals surface area contributed by atoms with Gasteiger partial charge in [0, 0.05) is 6.42 Å². The number of carbonyl (C=O) groups excluding carboxylic acids is 1. The van der Waals surface area contributed by atoms with Crippen molar-refractivity contribution in [1.29, 1.82) is 0 Å². The molecular weight excluding hydrogens is 230 g/mol. The largest absolute Gasteiger partial charge is 0.494 e. The van der Waals surface area contributed by atoms with E-state index in [4.69, 9.17) is 4.74 Å². The van der Waals surface area contributed by atoms with E-state index >= 15 is 0 Å². The number of halogens is 2. The topological polar surface area (TPSA) is 35.5 Å². The fourth-order valence-electron chi connectivity index (χ4n) is 1.37. The molecule has 0 aromatic heterocycles. The van der Waals surface area contributed by atoms with Gasteiger partial charge < -0.3 is 9.47 Å². The Balaban J connectivity index is 3.07. The number of alkyl halides is 2. The van der Waals surface area contributed by atoms with Gasteiger partial charge in [0.25, 0.3) is 0 Å². The van der Waals surface area contributed by atoms with Crippen LogP contribution in [-0.2, 0) is 0 Å². The van der Waals surface area contributed by atoms with E-state index < -0.39 is 6.61 Å². The lowest BCUT2D eigenvalue weighted by Gasteiger charge is -2.11. The van der Waals surface area contributed by atoms with Crippen LogP contribution in [0.2, 0.25) is 0 Å². The number of Topliss-reactive ketones (excluding diaryl/α,β-unsaturated/α-hetero) is 1. The van der Waals surface area contributed by atoms with Crippen molar-refractivity contribution in [3.8, 4) is 11.5 Å². The van der Waals surface area contributed by atoms with Gasteiger partial charge in [-0.15, -0.1) is 0 Å². The molecule has 1 aromatic carbocycles. The molecule has 94 valence electrons. The number of ether oxygens (including phenoxy) is 2. The van der Waals surface area contributed by atoms with Gasteiger partial charge >= 0.3 is 6.61 Å². The monoisotopic (exact) mass is 244 g/mol. The van der Waals surface area contributed by atoms with Crippen LogP contribution < -0.4 is 9.47 Å². The second kappa shape index (κ2) is 6.18. The minimum absolute atomic E-state index is 0.115. The van der Waals surface area contributed by atoms with Crippen LogP contribution in [0.25, 0.3) is 0 Å². The second-order valence-electron chi connectivity index (χ2n) is 3.25. The Bertz CT molecular complexity index is 391. The van der Waals surface area contributed by atoms with Crippen LogP contribution in [0.3, 0.4) is 0 Å². The molecule has 0 aliphatic rings. The third-order valence-corrected chi connectivity index (χ3v) is 2.10. The highest BCUT2D eigenvalue weighted by atomic mass is 19.3. The van der Waals surface area contributed by atoms with E-state index in [-0.39, 0.29) is 23.5 Å². The molecule has 0 saturated carbocycles. The van der Waals surface area contributed by atoms with E-state index in [0.29, 0.717) is 12.4 Å². The Hall–Kier alpha value is -1.65. The highest BCUT2D eigenvalue weighted by Crippen LogP contribution is 2.26. The van der Waals surface area contributed by atoms with Crippen LogP contribution in [-0.4, -0.2) is 19.0 Å². The number of ketones is 1. The molecule has 0 bridgehead atoms. The van der Waals surface area contributed by atoms with Crippen LogP contribution in [0.4, 0.5) is 8.78 Å². The van der Waals surface area contributed by atoms with E-state index in [1.54, 1.807) is 13.8 Å². The van der Waals surface area contributed by atoms with Gasteiger partial charge in [-0.25, -0.2) is 0 Å². The molecule has 0 unspecified atom stereocenters. The molecule has 1 rings (SSSR count). The van der Waals surface area contributed by atoms with E-state index in [1.807, 2.05) is 0 Å². The van der Waals surface area contributed by atoms with Gasteiger partial charge in [-0.1, -0.05) is 6.92 Å². The Morgan fingerprint density at radius 3 is 2.59 bits per heavy atom. The molecule has 3 nitrogen and oxygen atoms in total. The zero-order chi connectivity index (χ0) is 12.8. The standard InChI is InChI=1S/C12H14F2O3/c1-3-10(15)9-7-8(16-4-2)5-6-11(9)17-12(13)14/h5-7,12H,3-4H2,1-2H3. The van der Waals surface area contributed by atoms with Gasteiger partial charge in [0.2, 0.25) is 0 Å². The third kappa shape index (κ3) is 3.69. The van der Waals surface area contributed by atoms with Gasteiger partial charge in [0.05, 0.1) is 12.2 Å². The number of carbonyl (C=O) groups is 1. The Labute approximate surface area is 98.3 Å². The lowest BCUT2D eigenvalue weighted by Crippen LogP contribution is -2.08. The Morgan fingerprint density at radius 1 is 1.35 bits per heavy atom. The minimum atomic E-state index is -2.95. The van der Waals surface area contributed by atoms with Gasteiger partial charge in [0.15, 0.2) is 5.78 Å². The zero-order valence-corrected chi connectivity index (χ0v) is 9.70. The number of benzene rings is 1. The van der Waals surface area contributed by atoms with Gasteiger partial charge in [-0.2, -0.15) is 8.78 Å². The molecule has 0 heterocycles. The van der Waals surface area contributed by atoms with Crippen LogP contribution >= 0.6 is 0 Å². The Morgan fingerprint density at radius 2 is 2.06 bits per heavy atom. The van der Waals surface area contributed by atoms with Crippen molar-refractivity contribution in [2.45, 2.75) is 26.9 Å². The van der Waals surface area contributed by atoms with Crippen LogP contribution in [0, 0.1) is 0 Å². The fourth-order valence-corrected chi connectivity index (χ4v) is 1.37. The molecule has 0 N–H and O–H groups in total. The first kappa shape index (κ1) is 13.4. The summed E-state index contributed by atoms with van der Waals surface area (Å²) in [6.07, 6.45) is 0.217. The van der Waals surface area contributed by atoms with Gasteiger partial charge in [0.1, 0.15) is 11.5 Å².